The van der Waals surface area contributed by atoms with E-state index in [4.69, 9.17) is 4.52 Å². The summed E-state index contributed by atoms with van der Waals surface area (Å²) in [5, 5.41) is 13.9. The zero-order valence-electron chi connectivity index (χ0n) is 14.8. The molecular weight excluding hydrogens is 320 g/mol. The number of aromatic hydroxyl groups is 1. The van der Waals surface area contributed by atoms with Crippen LogP contribution in [-0.2, 0) is 6.54 Å². The lowest BCUT2D eigenvalue weighted by Crippen LogP contribution is -2.36. The molecule has 0 saturated carbocycles. The Labute approximate surface area is 147 Å². The minimum absolute atomic E-state index is 0.0253. The molecule has 1 amide bonds. The second-order valence-corrected chi connectivity index (χ2v) is 6.83. The van der Waals surface area contributed by atoms with Crippen LogP contribution in [0.1, 0.15) is 48.3 Å². The zero-order chi connectivity index (χ0) is 18.0. The van der Waals surface area contributed by atoms with E-state index >= 15 is 0 Å². The van der Waals surface area contributed by atoms with E-state index in [0.717, 1.165) is 6.42 Å². The summed E-state index contributed by atoms with van der Waals surface area (Å²) in [7, 11) is 2.00. The number of amides is 1. The monoisotopic (exact) mass is 344 g/mol. The summed E-state index contributed by atoms with van der Waals surface area (Å²) in [6.07, 6.45) is 0.880. The van der Waals surface area contributed by atoms with Gasteiger partial charge in [0.15, 0.2) is 5.82 Å². The lowest BCUT2D eigenvalue weighted by atomic mass is 10.2. The molecule has 2 heterocycles. The molecule has 1 saturated heterocycles. The highest BCUT2D eigenvalue weighted by Crippen LogP contribution is 2.23. The van der Waals surface area contributed by atoms with E-state index in [-0.39, 0.29) is 23.6 Å². The lowest BCUT2D eigenvalue weighted by Gasteiger charge is -2.23. The van der Waals surface area contributed by atoms with Crippen LogP contribution < -0.4 is 0 Å². The average Bonchev–Trinajstić information content (AvgIpc) is 3.24. The molecular formula is C18H24N4O3. The van der Waals surface area contributed by atoms with Gasteiger partial charge in [-0.05, 0) is 25.6 Å². The summed E-state index contributed by atoms with van der Waals surface area (Å²) in [5.41, 5.74) is 0.352. The number of aromatic nitrogens is 2. The first-order valence-corrected chi connectivity index (χ1v) is 8.55. The molecule has 0 unspecified atom stereocenters. The van der Waals surface area contributed by atoms with Crippen LogP contribution in [-0.4, -0.2) is 57.1 Å². The van der Waals surface area contributed by atoms with Crippen LogP contribution in [0.25, 0.3) is 0 Å². The van der Waals surface area contributed by atoms with Gasteiger partial charge in [0, 0.05) is 25.0 Å². The van der Waals surface area contributed by atoms with E-state index in [1.807, 2.05) is 20.9 Å². The van der Waals surface area contributed by atoms with Crippen LogP contribution in [0.4, 0.5) is 0 Å². The van der Waals surface area contributed by atoms with Crippen LogP contribution in [0, 0.1) is 0 Å². The number of rotatable bonds is 5. The third kappa shape index (κ3) is 3.82. The number of likely N-dealkylation sites (N-methyl/N-ethyl adjacent to an activating group) is 1. The second kappa shape index (κ2) is 7.23. The maximum atomic E-state index is 12.6. The van der Waals surface area contributed by atoms with E-state index in [0.29, 0.717) is 36.9 Å². The molecule has 1 aromatic heterocycles. The minimum atomic E-state index is -0.129. The van der Waals surface area contributed by atoms with Crippen LogP contribution in [0.5, 0.6) is 5.75 Å². The standard InChI is InChI=1S/C18H24N4O3/c1-12(2)17-19-16(20-25-17)11-21(3)13-8-9-22(10-13)18(24)14-6-4-5-7-15(14)23/h4-7,12-13,23H,8-11H2,1-3H3/t13-/m0/s1. The van der Waals surface area contributed by atoms with Gasteiger partial charge in [-0.15, -0.1) is 0 Å². The van der Waals surface area contributed by atoms with Gasteiger partial charge >= 0.3 is 0 Å². The number of para-hydroxylation sites is 1. The summed E-state index contributed by atoms with van der Waals surface area (Å²) in [6.45, 7) is 5.91. The van der Waals surface area contributed by atoms with Crippen molar-refractivity contribution in [3.8, 4) is 5.75 Å². The Kier molecular flexibility index (Phi) is 5.03. The van der Waals surface area contributed by atoms with Crippen molar-refractivity contribution in [1.82, 2.24) is 19.9 Å². The van der Waals surface area contributed by atoms with Gasteiger partial charge in [0.2, 0.25) is 5.89 Å². The molecule has 1 aliphatic heterocycles. The zero-order valence-corrected chi connectivity index (χ0v) is 14.8. The Balaban J connectivity index is 1.60. The number of nitrogens with zero attached hydrogens (tertiary/aromatic N) is 4. The third-order valence-corrected chi connectivity index (χ3v) is 4.58. The van der Waals surface area contributed by atoms with E-state index in [9.17, 15) is 9.90 Å². The van der Waals surface area contributed by atoms with Crippen LogP contribution in [0.2, 0.25) is 0 Å². The molecule has 1 atom stereocenters. The molecule has 1 aliphatic rings. The molecule has 1 aromatic carbocycles. The summed E-state index contributed by atoms with van der Waals surface area (Å²) in [4.78, 5) is 20.9. The Morgan fingerprint density at radius 2 is 2.20 bits per heavy atom. The molecule has 0 spiro atoms. The SMILES string of the molecule is CC(C)c1nc(CN(C)[C@H]2CCN(C(=O)c3ccccc3O)C2)no1. The van der Waals surface area contributed by atoms with Crippen molar-refractivity contribution in [2.75, 3.05) is 20.1 Å². The highest BCUT2D eigenvalue weighted by atomic mass is 16.5. The molecule has 0 radical (unpaired) electrons. The number of phenols is 1. The molecule has 1 fully saturated rings. The average molecular weight is 344 g/mol. The van der Waals surface area contributed by atoms with Crippen LogP contribution >= 0.6 is 0 Å². The van der Waals surface area contributed by atoms with Gasteiger partial charge in [-0.3, -0.25) is 9.69 Å². The van der Waals surface area contributed by atoms with E-state index in [1.54, 1.807) is 23.1 Å². The summed E-state index contributed by atoms with van der Waals surface area (Å²) in [5.74, 6) is 1.42. The number of hydrogen-bond donors (Lipinski definition) is 1. The van der Waals surface area contributed by atoms with Gasteiger partial charge in [-0.2, -0.15) is 4.98 Å². The lowest BCUT2D eigenvalue weighted by molar-refractivity contribution is 0.0776. The van der Waals surface area contributed by atoms with E-state index in [1.165, 1.54) is 6.07 Å². The maximum Gasteiger partial charge on any atom is 0.257 e. The van der Waals surface area contributed by atoms with E-state index in [2.05, 4.69) is 15.0 Å². The summed E-state index contributed by atoms with van der Waals surface area (Å²) < 4.78 is 5.24. The Hall–Kier alpha value is -2.41. The number of carbonyl (C=O) groups is 1. The van der Waals surface area contributed by atoms with Crippen molar-refractivity contribution in [1.29, 1.82) is 0 Å². The van der Waals surface area contributed by atoms with Gasteiger partial charge < -0.3 is 14.5 Å². The number of benzene rings is 1. The fraction of sp³-hybridized carbons (Fsp3) is 0.500. The normalized spacial score (nSPS) is 17.6. The Morgan fingerprint density at radius 1 is 1.44 bits per heavy atom. The van der Waals surface area contributed by atoms with Gasteiger partial charge in [0.25, 0.3) is 5.91 Å². The highest BCUT2D eigenvalue weighted by molar-refractivity contribution is 5.97. The number of likely N-dealkylation sites (tertiary alicyclic amines) is 1. The van der Waals surface area contributed by atoms with Crippen molar-refractivity contribution in [2.45, 2.75) is 38.8 Å². The largest absolute Gasteiger partial charge is 0.507 e. The molecule has 25 heavy (non-hydrogen) atoms. The van der Waals surface area contributed by atoms with Crippen molar-refractivity contribution in [3.05, 3.63) is 41.5 Å². The van der Waals surface area contributed by atoms with Crippen LogP contribution in [0.15, 0.2) is 28.8 Å². The second-order valence-electron chi connectivity index (χ2n) is 6.83. The highest BCUT2D eigenvalue weighted by Gasteiger charge is 2.30. The summed E-state index contributed by atoms with van der Waals surface area (Å²) in [6, 6.07) is 6.89. The first kappa shape index (κ1) is 17.4. The van der Waals surface area contributed by atoms with Gasteiger partial charge in [0.05, 0.1) is 12.1 Å². The predicted molar refractivity (Wildman–Crippen MR) is 92.3 cm³/mol. The van der Waals surface area contributed by atoms with Crippen LogP contribution in [0.3, 0.4) is 0 Å². The van der Waals surface area contributed by atoms with Crippen molar-refractivity contribution in [2.24, 2.45) is 0 Å². The van der Waals surface area contributed by atoms with Gasteiger partial charge in [-0.25, -0.2) is 0 Å². The smallest absolute Gasteiger partial charge is 0.257 e. The topological polar surface area (TPSA) is 82.7 Å². The molecule has 0 aliphatic carbocycles. The Morgan fingerprint density at radius 3 is 2.88 bits per heavy atom. The fourth-order valence-electron chi connectivity index (χ4n) is 3.03. The van der Waals surface area contributed by atoms with Crippen molar-refractivity contribution >= 4 is 5.91 Å². The number of phenolic OH excluding ortho intramolecular Hbond substituents is 1. The molecule has 7 nitrogen and oxygen atoms in total. The van der Waals surface area contributed by atoms with Crippen molar-refractivity contribution in [3.63, 3.8) is 0 Å². The number of hydrogen-bond acceptors (Lipinski definition) is 6. The predicted octanol–water partition coefficient (Wildman–Crippen LogP) is 2.25. The maximum absolute atomic E-state index is 12.6. The van der Waals surface area contributed by atoms with Gasteiger partial charge in [-0.1, -0.05) is 31.1 Å². The minimum Gasteiger partial charge on any atom is -0.507 e. The molecule has 1 N–H and O–H groups in total. The number of carbonyl (C=O) groups excluding carboxylic acids is 1. The third-order valence-electron chi connectivity index (χ3n) is 4.58. The van der Waals surface area contributed by atoms with E-state index < -0.39 is 0 Å². The Bertz CT molecular complexity index is 743. The first-order chi connectivity index (χ1) is 12.0. The molecule has 7 heteroatoms. The fourth-order valence-corrected chi connectivity index (χ4v) is 3.03. The molecule has 134 valence electrons. The molecule has 2 aromatic rings. The van der Waals surface area contributed by atoms with Crippen molar-refractivity contribution < 1.29 is 14.4 Å². The quantitative estimate of drug-likeness (QED) is 0.896. The molecule has 3 rings (SSSR count). The van der Waals surface area contributed by atoms with Gasteiger partial charge in [0.1, 0.15) is 5.75 Å². The molecule has 0 bridgehead atoms. The summed E-state index contributed by atoms with van der Waals surface area (Å²) >= 11 is 0. The first-order valence-electron chi connectivity index (χ1n) is 8.55.